The van der Waals surface area contributed by atoms with E-state index in [0.29, 0.717) is 12.2 Å². The first-order chi connectivity index (χ1) is 7.39. The summed E-state index contributed by atoms with van der Waals surface area (Å²) in [5.74, 6) is 0.0764. The molecule has 0 radical (unpaired) electrons. The second kappa shape index (κ2) is 4.65. The van der Waals surface area contributed by atoms with Crippen molar-refractivity contribution in [3.8, 4) is 0 Å². The maximum Gasteiger partial charge on any atom is 0.272 e. The molecule has 0 saturated carbocycles. The summed E-state index contributed by atoms with van der Waals surface area (Å²) in [5.41, 5.74) is 6.56. The lowest BCUT2D eigenvalue weighted by molar-refractivity contribution is 0.0878. The smallest absolute Gasteiger partial charge is 0.272 e. The third-order valence-corrected chi connectivity index (χ3v) is 3.04. The predicted molar refractivity (Wildman–Crippen MR) is 63.1 cm³/mol. The second-order valence-corrected chi connectivity index (χ2v) is 4.67. The van der Waals surface area contributed by atoms with E-state index in [-0.39, 0.29) is 11.8 Å². The summed E-state index contributed by atoms with van der Waals surface area (Å²) in [6.45, 7) is 8.26. The minimum Gasteiger partial charge on any atom is -0.344 e. The molecule has 1 heterocycles. The maximum absolute atomic E-state index is 11.9. The van der Waals surface area contributed by atoms with Crippen molar-refractivity contribution in [3.63, 3.8) is 0 Å². The van der Waals surface area contributed by atoms with Crippen molar-refractivity contribution in [1.82, 2.24) is 15.5 Å². The monoisotopic (exact) mass is 224 g/mol. The summed E-state index contributed by atoms with van der Waals surface area (Å²) in [5, 5.41) is 9.58. The molecule has 5 heteroatoms. The molecule has 16 heavy (non-hydrogen) atoms. The predicted octanol–water partition coefficient (Wildman–Crippen LogP) is 0.821. The lowest BCUT2D eigenvalue weighted by Crippen LogP contribution is -2.55. The summed E-state index contributed by atoms with van der Waals surface area (Å²) in [6, 6.07) is 1.71. The number of carbonyl (C=O) groups is 1. The molecular weight excluding hydrogens is 204 g/mol. The van der Waals surface area contributed by atoms with E-state index < -0.39 is 5.54 Å². The van der Waals surface area contributed by atoms with Crippen LogP contribution in [0.4, 0.5) is 0 Å². The Labute approximate surface area is 95.8 Å². The van der Waals surface area contributed by atoms with E-state index in [1.165, 1.54) is 0 Å². The van der Waals surface area contributed by atoms with E-state index in [1.54, 1.807) is 6.07 Å². The quantitative estimate of drug-likeness (QED) is 0.708. The fourth-order valence-corrected chi connectivity index (χ4v) is 1.29. The molecular formula is C11H20N4O. The Kier molecular flexibility index (Phi) is 3.70. The molecule has 1 amide bonds. The zero-order chi connectivity index (χ0) is 12.3. The number of nitrogens with zero attached hydrogens (tertiary/aromatic N) is 1. The molecule has 4 N–H and O–H groups in total. The van der Waals surface area contributed by atoms with Crippen LogP contribution in [0.2, 0.25) is 0 Å². The average molecular weight is 224 g/mol. The minimum absolute atomic E-state index is 0.189. The summed E-state index contributed by atoms with van der Waals surface area (Å²) in [7, 11) is 0. The Morgan fingerprint density at radius 3 is 2.69 bits per heavy atom. The van der Waals surface area contributed by atoms with Crippen molar-refractivity contribution < 1.29 is 4.79 Å². The van der Waals surface area contributed by atoms with Crippen LogP contribution in [0.3, 0.4) is 0 Å². The van der Waals surface area contributed by atoms with Gasteiger partial charge < -0.3 is 11.1 Å². The van der Waals surface area contributed by atoms with Crippen molar-refractivity contribution >= 4 is 5.91 Å². The van der Waals surface area contributed by atoms with E-state index in [9.17, 15) is 4.79 Å². The first-order valence-electron chi connectivity index (χ1n) is 5.43. The lowest BCUT2D eigenvalue weighted by Gasteiger charge is -2.33. The van der Waals surface area contributed by atoms with Gasteiger partial charge in [0.05, 0.1) is 5.54 Å². The highest BCUT2D eigenvalue weighted by Crippen LogP contribution is 2.15. The Bertz CT molecular complexity index is 372. The van der Waals surface area contributed by atoms with E-state index in [1.807, 2.05) is 27.7 Å². The molecule has 1 aromatic rings. The van der Waals surface area contributed by atoms with Gasteiger partial charge in [-0.25, -0.2) is 0 Å². The molecule has 90 valence electrons. The van der Waals surface area contributed by atoms with Crippen molar-refractivity contribution in [2.45, 2.75) is 33.2 Å². The second-order valence-electron chi connectivity index (χ2n) is 4.67. The molecule has 0 aliphatic carbocycles. The van der Waals surface area contributed by atoms with Crippen LogP contribution in [0, 0.1) is 12.8 Å². The molecule has 0 fully saturated rings. The van der Waals surface area contributed by atoms with Crippen molar-refractivity contribution in [1.29, 1.82) is 0 Å². The van der Waals surface area contributed by atoms with Gasteiger partial charge in [-0.3, -0.25) is 9.89 Å². The number of amides is 1. The zero-order valence-corrected chi connectivity index (χ0v) is 10.3. The van der Waals surface area contributed by atoms with Gasteiger partial charge in [-0.05, 0) is 25.8 Å². The number of nitrogens with one attached hydrogen (secondary N) is 2. The highest BCUT2D eigenvalue weighted by molar-refractivity contribution is 5.92. The van der Waals surface area contributed by atoms with Crippen LogP contribution in [-0.4, -0.2) is 28.2 Å². The van der Waals surface area contributed by atoms with Gasteiger partial charge in [0.15, 0.2) is 0 Å². The first-order valence-corrected chi connectivity index (χ1v) is 5.43. The first kappa shape index (κ1) is 12.7. The maximum atomic E-state index is 11.9. The number of rotatable bonds is 4. The van der Waals surface area contributed by atoms with Crippen LogP contribution in [0.1, 0.15) is 37.0 Å². The van der Waals surface area contributed by atoms with Crippen LogP contribution in [0.15, 0.2) is 6.07 Å². The highest BCUT2D eigenvalue weighted by Gasteiger charge is 2.29. The Morgan fingerprint density at radius 1 is 1.69 bits per heavy atom. The van der Waals surface area contributed by atoms with Gasteiger partial charge in [0.25, 0.3) is 5.91 Å². The molecule has 5 nitrogen and oxygen atoms in total. The largest absolute Gasteiger partial charge is 0.344 e. The number of nitrogens with two attached hydrogens (primary N) is 1. The average Bonchev–Trinajstić information content (AvgIpc) is 2.64. The molecule has 0 aliphatic heterocycles. The van der Waals surface area contributed by atoms with Gasteiger partial charge in [-0.15, -0.1) is 0 Å². The molecule has 1 aromatic heterocycles. The van der Waals surface area contributed by atoms with Crippen molar-refractivity contribution in [2.24, 2.45) is 11.7 Å². The topological polar surface area (TPSA) is 83.8 Å². The number of aromatic nitrogens is 2. The molecule has 0 spiro atoms. The van der Waals surface area contributed by atoms with Gasteiger partial charge in [-0.1, -0.05) is 13.8 Å². The normalized spacial score (nSPS) is 14.9. The molecule has 1 atom stereocenters. The summed E-state index contributed by atoms with van der Waals surface area (Å²) in [6.07, 6.45) is 0. The van der Waals surface area contributed by atoms with Crippen molar-refractivity contribution in [3.05, 3.63) is 17.5 Å². The number of hydrogen-bond donors (Lipinski definition) is 3. The Hall–Kier alpha value is -1.36. The van der Waals surface area contributed by atoms with Crippen LogP contribution in [-0.2, 0) is 0 Å². The van der Waals surface area contributed by atoms with Gasteiger partial charge in [-0.2, -0.15) is 5.10 Å². The SMILES string of the molecule is Cc1cc(C(=O)NC(C)(CN)C(C)C)n[nH]1. The van der Waals surface area contributed by atoms with Gasteiger partial charge in [0, 0.05) is 12.2 Å². The lowest BCUT2D eigenvalue weighted by atomic mass is 9.88. The third-order valence-electron chi connectivity index (χ3n) is 3.04. The fourth-order valence-electron chi connectivity index (χ4n) is 1.29. The van der Waals surface area contributed by atoms with E-state index in [4.69, 9.17) is 5.73 Å². The standard InChI is InChI=1S/C11H20N4O/c1-7(2)11(4,6-12)13-10(16)9-5-8(3)14-15-9/h5,7H,6,12H2,1-4H3,(H,13,16)(H,14,15). The summed E-state index contributed by atoms with van der Waals surface area (Å²) < 4.78 is 0. The van der Waals surface area contributed by atoms with E-state index in [2.05, 4.69) is 15.5 Å². The van der Waals surface area contributed by atoms with E-state index in [0.717, 1.165) is 5.69 Å². The van der Waals surface area contributed by atoms with Crippen molar-refractivity contribution in [2.75, 3.05) is 6.54 Å². The Balaban J connectivity index is 2.77. The highest BCUT2D eigenvalue weighted by atomic mass is 16.2. The summed E-state index contributed by atoms with van der Waals surface area (Å²) >= 11 is 0. The van der Waals surface area contributed by atoms with Gasteiger partial charge in [0.2, 0.25) is 0 Å². The summed E-state index contributed by atoms with van der Waals surface area (Å²) in [4.78, 5) is 11.9. The van der Waals surface area contributed by atoms with Gasteiger partial charge in [0.1, 0.15) is 5.69 Å². The van der Waals surface area contributed by atoms with Crippen LogP contribution < -0.4 is 11.1 Å². The Morgan fingerprint density at radius 2 is 2.31 bits per heavy atom. The molecule has 1 rings (SSSR count). The molecule has 0 bridgehead atoms. The number of H-pyrrole nitrogens is 1. The number of carbonyl (C=O) groups excluding carboxylic acids is 1. The molecule has 0 saturated heterocycles. The van der Waals surface area contributed by atoms with Crippen LogP contribution in [0.5, 0.6) is 0 Å². The van der Waals surface area contributed by atoms with E-state index >= 15 is 0 Å². The number of hydrogen-bond acceptors (Lipinski definition) is 3. The molecule has 0 aromatic carbocycles. The fraction of sp³-hybridized carbons (Fsp3) is 0.636. The minimum atomic E-state index is -0.399. The zero-order valence-electron chi connectivity index (χ0n) is 10.3. The van der Waals surface area contributed by atoms with Crippen LogP contribution in [0.25, 0.3) is 0 Å². The third kappa shape index (κ3) is 2.61. The number of aromatic amines is 1. The molecule has 1 unspecified atom stereocenters. The molecule has 0 aliphatic rings. The number of aryl methyl sites for hydroxylation is 1. The van der Waals surface area contributed by atoms with Crippen LogP contribution >= 0.6 is 0 Å². The van der Waals surface area contributed by atoms with Gasteiger partial charge >= 0.3 is 0 Å².